The number of carbonyl (C=O) groups excluding carboxylic acids is 1. The van der Waals surface area contributed by atoms with Gasteiger partial charge in [-0.25, -0.2) is 4.79 Å². The van der Waals surface area contributed by atoms with Crippen LogP contribution in [0.25, 0.3) is 11.1 Å². The van der Waals surface area contributed by atoms with E-state index in [1.807, 2.05) is 12.3 Å². The van der Waals surface area contributed by atoms with Crippen LogP contribution in [0.1, 0.15) is 76.3 Å². The van der Waals surface area contributed by atoms with Crippen molar-refractivity contribution in [1.82, 2.24) is 10.3 Å². The molecule has 35 heavy (non-hydrogen) atoms. The first-order valence-electron chi connectivity index (χ1n) is 12.9. The normalized spacial score (nSPS) is 14.8. The molecule has 0 bridgehead atoms. The van der Waals surface area contributed by atoms with Gasteiger partial charge in [0, 0.05) is 23.8 Å². The van der Waals surface area contributed by atoms with Crippen molar-refractivity contribution in [1.29, 1.82) is 0 Å². The molecule has 4 rings (SSSR count). The topological polar surface area (TPSA) is 66.1 Å². The highest BCUT2D eigenvalue weighted by atomic mass is 16.2. The van der Waals surface area contributed by atoms with Gasteiger partial charge in [0.2, 0.25) is 0 Å². The van der Waals surface area contributed by atoms with Crippen LogP contribution in [0.4, 0.5) is 16.2 Å². The summed E-state index contributed by atoms with van der Waals surface area (Å²) in [7, 11) is 0. The molecule has 3 aromatic rings. The Balaban J connectivity index is 1.50. The number of urea groups is 1. The summed E-state index contributed by atoms with van der Waals surface area (Å²) in [5.74, 6) is 1.06. The summed E-state index contributed by atoms with van der Waals surface area (Å²) < 4.78 is 0. The quantitative estimate of drug-likeness (QED) is 0.295. The molecule has 0 radical (unpaired) electrons. The van der Waals surface area contributed by atoms with E-state index in [1.165, 1.54) is 24.0 Å². The molecule has 1 fully saturated rings. The Hall–Kier alpha value is -3.34. The number of hydrogen-bond donors (Lipinski definition) is 3. The Labute approximate surface area is 209 Å². The Bertz CT molecular complexity index is 1080. The number of rotatable bonds is 8. The Morgan fingerprint density at radius 3 is 2.09 bits per heavy atom. The van der Waals surface area contributed by atoms with E-state index in [0.717, 1.165) is 35.3 Å². The van der Waals surface area contributed by atoms with Crippen LogP contribution in [-0.2, 0) is 0 Å². The summed E-state index contributed by atoms with van der Waals surface area (Å²) in [5.41, 5.74) is 6.50. The van der Waals surface area contributed by atoms with Crippen LogP contribution in [0.2, 0.25) is 0 Å². The van der Waals surface area contributed by atoms with Crippen LogP contribution in [0.3, 0.4) is 0 Å². The summed E-state index contributed by atoms with van der Waals surface area (Å²) in [6, 6.07) is 18.5. The van der Waals surface area contributed by atoms with Gasteiger partial charge in [-0.3, -0.25) is 4.98 Å². The van der Waals surface area contributed by atoms with Gasteiger partial charge in [0.05, 0.1) is 0 Å². The summed E-state index contributed by atoms with van der Waals surface area (Å²) in [6.45, 7) is 8.67. The van der Waals surface area contributed by atoms with Crippen molar-refractivity contribution in [3.8, 4) is 11.1 Å². The molecule has 2 amide bonds. The van der Waals surface area contributed by atoms with Crippen molar-refractivity contribution in [2.45, 2.75) is 71.4 Å². The van der Waals surface area contributed by atoms with E-state index >= 15 is 0 Å². The second kappa shape index (κ2) is 11.4. The van der Waals surface area contributed by atoms with Crippen molar-refractivity contribution in [2.24, 2.45) is 5.92 Å². The first kappa shape index (κ1) is 24.8. The Kier molecular flexibility index (Phi) is 8.06. The number of amides is 2. The lowest BCUT2D eigenvalue weighted by Crippen LogP contribution is -2.47. The number of para-hydroxylation sites is 1. The molecule has 1 aliphatic rings. The van der Waals surface area contributed by atoms with Crippen LogP contribution in [-0.4, -0.2) is 17.2 Å². The van der Waals surface area contributed by atoms with Crippen LogP contribution >= 0.6 is 0 Å². The van der Waals surface area contributed by atoms with E-state index in [0.29, 0.717) is 17.8 Å². The first-order chi connectivity index (χ1) is 16.9. The second-order valence-corrected chi connectivity index (χ2v) is 10.2. The van der Waals surface area contributed by atoms with Crippen LogP contribution < -0.4 is 16.0 Å². The van der Waals surface area contributed by atoms with Gasteiger partial charge in [-0.1, -0.05) is 76.9 Å². The van der Waals surface area contributed by atoms with Gasteiger partial charge in [0.15, 0.2) is 0 Å². The molecule has 184 valence electrons. The molecule has 2 aromatic carbocycles. The maximum atomic E-state index is 13.3. The minimum atomic E-state index is -0.156. The lowest BCUT2D eigenvalue weighted by atomic mass is 9.93. The number of aromatic nitrogens is 1. The van der Waals surface area contributed by atoms with Crippen LogP contribution in [0.5, 0.6) is 0 Å². The van der Waals surface area contributed by atoms with Gasteiger partial charge in [-0.2, -0.15) is 0 Å². The SMILES string of the molecule is CC(C)c1cccc(C(C)C)c1NC(=O)NC(Nc1ccc(-c2cccnc2)cc1)C1CCCC1. The molecule has 5 nitrogen and oxygen atoms in total. The van der Waals surface area contributed by atoms with E-state index in [2.05, 4.69) is 97.2 Å². The third-order valence-electron chi connectivity index (χ3n) is 6.97. The van der Waals surface area contributed by atoms with Gasteiger partial charge in [0.1, 0.15) is 6.17 Å². The molecule has 1 heterocycles. The fourth-order valence-electron chi connectivity index (χ4n) is 5.02. The predicted molar refractivity (Wildman–Crippen MR) is 146 cm³/mol. The minimum absolute atomic E-state index is 0.129. The highest BCUT2D eigenvalue weighted by molar-refractivity contribution is 5.91. The number of pyridine rings is 1. The molecule has 0 saturated heterocycles. The molecular weight excluding hydrogens is 432 g/mol. The molecule has 3 N–H and O–H groups in total. The maximum Gasteiger partial charge on any atom is 0.320 e. The molecule has 1 aromatic heterocycles. The van der Waals surface area contributed by atoms with Crippen molar-refractivity contribution in [2.75, 3.05) is 10.6 Å². The summed E-state index contributed by atoms with van der Waals surface area (Å²) >= 11 is 0. The number of nitrogens with one attached hydrogen (secondary N) is 3. The van der Waals surface area contributed by atoms with E-state index in [4.69, 9.17) is 0 Å². The minimum Gasteiger partial charge on any atom is -0.365 e. The monoisotopic (exact) mass is 470 g/mol. The fraction of sp³-hybridized carbons (Fsp3) is 0.400. The third-order valence-corrected chi connectivity index (χ3v) is 6.97. The zero-order valence-electron chi connectivity index (χ0n) is 21.3. The number of anilines is 2. The Morgan fingerprint density at radius 1 is 0.857 bits per heavy atom. The third kappa shape index (κ3) is 6.21. The molecule has 1 unspecified atom stereocenters. The molecule has 5 heteroatoms. The molecule has 0 aliphatic heterocycles. The number of hydrogen-bond acceptors (Lipinski definition) is 3. The number of benzene rings is 2. The number of carbonyl (C=O) groups is 1. The standard InChI is InChI=1S/C30H38N4O/c1-20(2)26-12-7-13-27(21(3)4)28(26)33-30(35)34-29(23-9-5-6-10-23)32-25-16-14-22(15-17-25)24-11-8-18-31-19-24/h7-8,11-21,23,29,32H,5-6,9-10H2,1-4H3,(H2,33,34,35). The van der Waals surface area contributed by atoms with Crippen molar-refractivity contribution in [3.05, 3.63) is 78.1 Å². The average molecular weight is 471 g/mol. The van der Waals surface area contributed by atoms with Gasteiger partial charge >= 0.3 is 6.03 Å². The summed E-state index contributed by atoms with van der Waals surface area (Å²) in [4.78, 5) is 17.5. The summed E-state index contributed by atoms with van der Waals surface area (Å²) in [5, 5.41) is 10.1. The highest BCUT2D eigenvalue weighted by Crippen LogP contribution is 2.33. The summed E-state index contributed by atoms with van der Waals surface area (Å²) in [6.07, 6.45) is 8.18. The largest absolute Gasteiger partial charge is 0.365 e. The van der Waals surface area contributed by atoms with Crippen LogP contribution in [0, 0.1) is 5.92 Å². The van der Waals surface area contributed by atoms with E-state index in [-0.39, 0.29) is 12.2 Å². The van der Waals surface area contributed by atoms with Crippen molar-refractivity contribution in [3.63, 3.8) is 0 Å². The molecule has 1 aliphatic carbocycles. The number of nitrogens with zero attached hydrogens (tertiary/aromatic N) is 1. The van der Waals surface area contributed by atoms with Gasteiger partial charge in [0.25, 0.3) is 0 Å². The predicted octanol–water partition coefficient (Wildman–Crippen LogP) is 7.75. The van der Waals surface area contributed by atoms with Gasteiger partial charge in [-0.15, -0.1) is 0 Å². The van der Waals surface area contributed by atoms with Crippen LogP contribution in [0.15, 0.2) is 67.0 Å². The van der Waals surface area contributed by atoms with E-state index in [9.17, 15) is 4.79 Å². The molecule has 1 saturated carbocycles. The lowest BCUT2D eigenvalue weighted by Gasteiger charge is -2.28. The van der Waals surface area contributed by atoms with Crippen molar-refractivity contribution >= 4 is 17.4 Å². The highest BCUT2D eigenvalue weighted by Gasteiger charge is 2.27. The fourth-order valence-corrected chi connectivity index (χ4v) is 5.02. The molecule has 1 atom stereocenters. The van der Waals surface area contributed by atoms with Gasteiger partial charge < -0.3 is 16.0 Å². The van der Waals surface area contributed by atoms with Crippen molar-refractivity contribution < 1.29 is 4.79 Å². The lowest BCUT2D eigenvalue weighted by molar-refractivity contribution is 0.245. The van der Waals surface area contributed by atoms with E-state index < -0.39 is 0 Å². The zero-order chi connectivity index (χ0) is 24.8. The Morgan fingerprint density at radius 2 is 1.51 bits per heavy atom. The molecular formula is C30H38N4O. The average Bonchev–Trinajstić information content (AvgIpc) is 3.39. The zero-order valence-corrected chi connectivity index (χ0v) is 21.3. The van der Waals surface area contributed by atoms with E-state index in [1.54, 1.807) is 6.20 Å². The molecule has 0 spiro atoms. The maximum absolute atomic E-state index is 13.3. The first-order valence-corrected chi connectivity index (χ1v) is 12.9. The smallest absolute Gasteiger partial charge is 0.320 e. The second-order valence-electron chi connectivity index (χ2n) is 10.2. The van der Waals surface area contributed by atoms with Gasteiger partial charge in [-0.05, 0) is 71.0 Å².